The van der Waals surface area contributed by atoms with E-state index in [2.05, 4.69) is 5.43 Å². The van der Waals surface area contributed by atoms with Gasteiger partial charge in [0.05, 0.1) is 4.88 Å². The number of hydrazine groups is 1. The molecule has 0 fully saturated rings. The Morgan fingerprint density at radius 2 is 2.19 bits per heavy atom. The second-order valence-electron chi connectivity index (χ2n) is 4.98. The number of rotatable bonds is 3. The fourth-order valence-electron chi connectivity index (χ4n) is 2.51. The molecule has 108 valence electrons. The molecule has 0 saturated carbocycles. The topological polar surface area (TPSA) is 75.4 Å². The van der Waals surface area contributed by atoms with Gasteiger partial charge in [0.15, 0.2) is 0 Å². The molecule has 3 N–H and O–H groups in total. The molecular formula is C15H15N3O2S. The maximum atomic E-state index is 12.3. The first-order valence-corrected chi connectivity index (χ1v) is 7.39. The number of nitrogen functional groups attached to an aromatic ring is 1. The predicted octanol–water partition coefficient (Wildman–Crippen LogP) is 1.82. The Balaban J connectivity index is 1.81. The van der Waals surface area contributed by atoms with E-state index in [0.29, 0.717) is 18.0 Å². The lowest BCUT2D eigenvalue weighted by Gasteiger charge is -2.15. The van der Waals surface area contributed by atoms with Gasteiger partial charge in [0, 0.05) is 23.5 Å². The van der Waals surface area contributed by atoms with Crippen LogP contribution in [0.4, 0.5) is 0 Å². The number of carbonyl (C=O) groups is 2. The van der Waals surface area contributed by atoms with Crippen molar-refractivity contribution in [2.24, 2.45) is 5.84 Å². The Bertz CT molecular complexity index is 723. The monoisotopic (exact) mass is 301 g/mol. The first-order chi connectivity index (χ1) is 10.1. The van der Waals surface area contributed by atoms with E-state index in [9.17, 15) is 9.59 Å². The van der Waals surface area contributed by atoms with E-state index in [-0.39, 0.29) is 11.8 Å². The number of nitrogens with zero attached hydrogens (tertiary/aromatic N) is 1. The molecule has 2 aromatic rings. The minimum Gasteiger partial charge on any atom is -0.330 e. The van der Waals surface area contributed by atoms with E-state index in [0.717, 1.165) is 21.6 Å². The highest BCUT2D eigenvalue weighted by Gasteiger charge is 2.27. The zero-order valence-electron chi connectivity index (χ0n) is 11.6. The number of hydrogen-bond donors (Lipinski definition) is 2. The fourth-order valence-corrected chi connectivity index (χ4v) is 3.44. The molecule has 0 bridgehead atoms. The summed E-state index contributed by atoms with van der Waals surface area (Å²) in [5.74, 6) is 4.89. The molecule has 0 aliphatic carbocycles. The van der Waals surface area contributed by atoms with Crippen LogP contribution in [0.3, 0.4) is 0 Å². The van der Waals surface area contributed by atoms with Crippen LogP contribution in [0.25, 0.3) is 0 Å². The lowest BCUT2D eigenvalue weighted by molar-refractivity contribution is 0.0766. The van der Waals surface area contributed by atoms with Crippen LogP contribution in [0.2, 0.25) is 0 Å². The molecule has 0 unspecified atom stereocenters. The van der Waals surface area contributed by atoms with Gasteiger partial charge in [-0.25, -0.2) is 5.84 Å². The SMILES string of the molecule is Cc1sc(C(=O)NN)cc1CN1Cc2ccccc2C1=O. The summed E-state index contributed by atoms with van der Waals surface area (Å²) in [4.78, 5) is 27.3. The normalized spacial score (nSPS) is 13.4. The van der Waals surface area contributed by atoms with Gasteiger partial charge < -0.3 is 4.90 Å². The van der Waals surface area contributed by atoms with E-state index in [1.807, 2.05) is 31.2 Å². The third kappa shape index (κ3) is 2.43. The van der Waals surface area contributed by atoms with Crippen LogP contribution in [0, 0.1) is 6.92 Å². The lowest BCUT2D eigenvalue weighted by Crippen LogP contribution is -2.29. The summed E-state index contributed by atoms with van der Waals surface area (Å²) in [5, 5.41) is 0. The van der Waals surface area contributed by atoms with Gasteiger partial charge in [-0.2, -0.15) is 0 Å². The molecule has 1 aliphatic heterocycles. The minimum atomic E-state index is -0.301. The maximum absolute atomic E-state index is 12.3. The van der Waals surface area contributed by atoms with Crippen molar-refractivity contribution in [2.45, 2.75) is 20.0 Å². The molecule has 0 atom stereocenters. The van der Waals surface area contributed by atoms with Crippen molar-refractivity contribution in [3.63, 3.8) is 0 Å². The molecule has 0 saturated heterocycles. The quantitative estimate of drug-likeness (QED) is 0.516. The van der Waals surface area contributed by atoms with Gasteiger partial charge in [0.25, 0.3) is 11.8 Å². The molecule has 5 nitrogen and oxygen atoms in total. The summed E-state index contributed by atoms with van der Waals surface area (Å²) < 4.78 is 0. The summed E-state index contributed by atoms with van der Waals surface area (Å²) in [5.41, 5.74) is 4.94. The Morgan fingerprint density at radius 1 is 1.43 bits per heavy atom. The van der Waals surface area contributed by atoms with Crippen molar-refractivity contribution < 1.29 is 9.59 Å². The molecule has 3 rings (SSSR count). The first kappa shape index (κ1) is 13.8. The number of carbonyl (C=O) groups excluding carboxylic acids is 2. The van der Waals surface area contributed by atoms with Crippen LogP contribution in [-0.4, -0.2) is 16.7 Å². The minimum absolute atomic E-state index is 0.0426. The molecule has 0 radical (unpaired) electrons. The van der Waals surface area contributed by atoms with Crippen LogP contribution < -0.4 is 11.3 Å². The molecule has 1 aromatic carbocycles. The van der Waals surface area contributed by atoms with Gasteiger partial charge in [-0.1, -0.05) is 18.2 Å². The standard InChI is InChI=1S/C15H15N3O2S/c1-9-11(6-13(21-9)14(19)17-16)8-18-7-10-4-2-3-5-12(10)15(18)20/h2-6H,7-8,16H2,1H3,(H,17,19). The van der Waals surface area contributed by atoms with Crippen LogP contribution in [0.1, 0.15) is 36.0 Å². The van der Waals surface area contributed by atoms with Crippen molar-refractivity contribution in [3.05, 3.63) is 56.8 Å². The zero-order chi connectivity index (χ0) is 15.0. The second kappa shape index (κ2) is 5.31. The smallest absolute Gasteiger partial charge is 0.275 e. The molecule has 21 heavy (non-hydrogen) atoms. The largest absolute Gasteiger partial charge is 0.330 e. The Labute approximate surface area is 126 Å². The summed E-state index contributed by atoms with van der Waals surface area (Å²) in [6, 6.07) is 9.44. The molecule has 2 amide bonds. The molecule has 2 heterocycles. The van der Waals surface area contributed by atoms with Gasteiger partial charge in [-0.05, 0) is 30.2 Å². The average molecular weight is 301 g/mol. The van der Waals surface area contributed by atoms with Crippen LogP contribution in [0.15, 0.2) is 30.3 Å². The van der Waals surface area contributed by atoms with Crippen molar-refractivity contribution >= 4 is 23.2 Å². The number of thiophene rings is 1. The van der Waals surface area contributed by atoms with Gasteiger partial charge >= 0.3 is 0 Å². The summed E-state index contributed by atoms with van der Waals surface area (Å²) in [7, 11) is 0. The highest BCUT2D eigenvalue weighted by atomic mass is 32.1. The van der Waals surface area contributed by atoms with Gasteiger partial charge in [0.2, 0.25) is 0 Å². The second-order valence-corrected chi connectivity index (χ2v) is 6.24. The van der Waals surface area contributed by atoms with Crippen LogP contribution in [0.5, 0.6) is 0 Å². The average Bonchev–Trinajstić information content (AvgIpc) is 3.01. The molecule has 1 aliphatic rings. The van der Waals surface area contributed by atoms with E-state index >= 15 is 0 Å². The number of aryl methyl sites for hydroxylation is 1. The highest BCUT2D eigenvalue weighted by molar-refractivity contribution is 7.14. The Kier molecular flexibility index (Phi) is 3.48. The van der Waals surface area contributed by atoms with Gasteiger partial charge in [-0.15, -0.1) is 11.3 Å². The number of fused-ring (bicyclic) bond motifs is 1. The Morgan fingerprint density at radius 3 is 2.90 bits per heavy atom. The molecule has 6 heteroatoms. The third-order valence-electron chi connectivity index (χ3n) is 3.63. The van der Waals surface area contributed by atoms with Crippen LogP contribution in [-0.2, 0) is 13.1 Å². The summed E-state index contributed by atoms with van der Waals surface area (Å²) in [6.07, 6.45) is 0. The van der Waals surface area contributed by atoms with Crippen molar-refractivity contribution in [1.29, 1.82) is 0 Å². The number of nitrogens with two attached hydrogens (primary N) is 1. The molecule has 1 aromatic heterocycles. The number of nitrogens with one attached hydrogen (secondary N) is 1. The lowest BCUT2D eigenvalue weighted by atomic mass is 10.1. The molecular weight excluding hydrogens is 286 g/mol. The summed E-state index contributed by atoms with van der Waals surface area (Å²) >= 11 is 1.39. The first-order valence-electron chi connectivity index (χ1n) is 6.57. The maximum Gasteiger partial charge on any atom is 0.275 e. The number of hydrogen-bond acceptors (Lipinski definition) is 4. The van der Waals surface area contributed by atoms with Crippen molar-refractivity contribution in [1.82, 2.24) is 10.3 Å². The fraction of sp³-hybridized carbons (Fsp3) is 0.200. The van der Waals surface area contributed by atoms with Crippen LogP contribution >= 0.6 is 11.3 Å². The predicted molar refractivity (Wildman–Crippen MR) is 80.7 cm³/mol. The number of benzene rings is 1. The Hall–Kier alpha value is -2.18. The van der Waals surface area contributed by atoms with E-state index in [4.69, 9.17) is 5.84 Å². The molecule has 0 spiro atoms. The van der Waals surface area contributed by atoms with E-state index < -0.39 is 0 Å². The number of amides is 2. The van der Waals surface area contributed by atoms with Gasteiger partial charge in [0.1, 0.15) is 0 Å². The van der Waals surface area contributed by atoms with Gasteiger partial charge in [-0.3, -0.25) is 15.0 Å². The zero-order valence-corrected chi connectivity index (χ0v) is 12.4. The van der Waals surface area contributed by atoms with E-state index in [1.54, 1.807) is 11.0 Å². The third-order valence-corrected chi connectivity index (χ3v) is 4.72. The van der Waals surface area contributed by atoms with Crippen molar-refractivity contribution in [3.8, 4) is 0 Å². The van der Waals surface area contributed by atoms with E-state index in [1.165, 1.54) is 11.3 Å². The van der Waals surface area contributed by atoms with Crippen molar-refractivity contribution in [2.75, 3.05) is 0 Å². The highest BCUT2D eigenvalue weighted by Crippen LogP contribution is 2.28. The summed E-state index contributed by atoms with van der Waals surface area (Å²) in [6.45, 7) is 3.07.